The standard InChI is InChI=1S/C24H30ClN3O2S/c25-21-9-5-4-8-20(21)22(27-10-14-30-15-11-27)18-26-24(29)23(19-6-2-1-3-7-19)28-12-16-31-17-13-28/h1-9,22-23H,10-18H2,(H,26,29). The van der Waals surface area contributed by atoms with Gasteiger partial charge >= 0.3 is 0 Å². The lowest BCUT2D eigenvalue weighted by Crippen LogP contribution is -2.48. The topological polar surface area (TPSA) is 44.8 Å². The molecule has 0 saturated carbocycles. The lowest BCUT2D eigenvalue weighted by Gasteiger charge is -2.37. The molecule has 2 aliphatic rings. The number of carbonyl (C=O) groups excluding carboxylic acids is 1. The van der Waals surface area contributed by atoms with Crippen molar-refractivity contribution >= 4 is 29.3 Å². The lowest BCUT2D eigenvalue weighted by molar-refractivity contribution is -0.127. The Morgan fingerprint density at radius 2 is 1.65 bits per heavy atom. The Labute approximate surface area is 194 Å². The normalized spacial score (nSPS) is 20.2. The molecular formula is C24H30ClN3O2S. The number of rotatable bonds is 7. The molecule has 0 radical (unpaired) electrons. The molecule has 7 heteroatoms. The molecular weight excluding hydrogens is 430 g/mol. The first kappa shape index (κ1) is 22.6. The first-order valence-corrected chi connectivity index (χ1v) is 12.5. The first-order valence-electron chi connectivity index (χ1n) is 10.9. The predicted molar refractivity (Wildman–Crippen MR) is 128 cm³/mol. The van der Waals surface area contributed by atoms with E-state index in [1.165, 1.54) is 0 Å². The fourth-order valence-corrected chi connectivity index (χ4v) is 5.56. The van der Waals surface area contributed by atoms with Crippen molar-refractivity contribution in [3.63, 3.8) is 0 Å². The molecule has 2 aromatic rings. The van der Waals surface area contributed by atoms with Crippen LogP contribution in [0.5, 0.6) is 0 Å². The number of hydrogen-bond acceptors (Lipinski definition) is 5. The Hall–Kier alpha value is -1.57. The van der Waals surface area contributed by atoms with Crippen molar-refractivity contribution in [1.29, 1.82) is 0 Å². The Kier molecular flexibility index (Phi) is 8.27. The minimum Gasteiger partial charge on any atom is -0.379 e. The van der Waals surface area contributed by atoms with E-state index in [4.69, 9.17) is 16.3 Å². The highest BCUT2D eigenvalue weighted by atomic mass is 35.5. The van der Waals surface area contributed by atoms with Crippen molar-refractivity contribution < 1.29 is 9.53 Å². The van der Waals surface area contributed by atoms with Gasteiger partial charge in [0.2, 0.25) is 5.91 Å². The SMILES string of the molecule is O=C(NCC(c1ccccc1Cl)N1CCOCC1)C(c1ccccc1)N1CCSCC1. The van der Waals surface area contributed by atoms with E-state index in [2.05, 4.69) is 33.3 Å². The van der Waals surface area contributed by atoms with Crippen LogP contribution in [-0.4, -0.2) is 73.2 Å². The summed E-state index contributed by atoms with van der Waals surface area (Å²) in [6, 6.07) is 17.8. The van der Waals surface area contributed by atoms with E-state index < -0.39 is 0 Å². The number of ether oxygens (including phenoxy) is 1. The maximum absolute atomic E-state index is 13.5. The molecule has 0 bridgehead atoms. The van der Waals surface area contributed by atoms with Crippen LogP contribution in [0.2, 0.25) is 5.02 Å². The second-order valence-electron chi connectivity index (χ2n) is 7.89. The minimum absolute atomic E-state index is 0.0230. The Bertz CT molecular complexity index is 842. The number of hydrogen-bond donors (Lipinski definition) is 1. The summed E-state index contributed by atoms with van der Waals surface area (Å²) < 4.78 is 5.55. The summed E-state index contributed by atoms with van der Waals surface area (Å²) in [7, 11) is 0. The monoisotopic (exact) mass is 459 g/mol. The van der Waals surface area contributed by atoms with E-state index in [-0.39, 0.29) is 18.0 Å². The second kappa shape index (κ2) is 11.3. The molecule has 5 nitrogen and oxygen atoms in total. The zero-order valence-corrected chi connectivity index (χ0v) is 19.3. The van der Waals surface area contributed by atoms with Crippen molar-refractivity contribution in [3.8, 4) is 0 Å². The zero-order valence-electron chi connectivity index (χ0n) is 17.7. The van der Waals surface area contributed by atoms with Gasteiger partial charge in [-0.2, -0.15) is 11.8 Å². The van der Waals surface area contributed by atoms with Crippen LogP contribution < -0.4 is 5.32 Å². The minimum atomic E-state index is -0.265. The molecule has 31 heavy (non-hydrogen) atoms. The van der Waals surface area contributed by atoms with Crippen molar-refractivity contribution in [3.05, 3.63) is 70.7 Å². The van der Waals surface area contributed by atoms with E-state index in [1.807, 2.05) is 48.2 Å². The average Bonchev–Trinajstić information content (AvgIpc) is 2.82. The third-order valence-electron chi connectivity index (χ3n) is 5.99. The zero-order chi connectivity index (χ0) is 21.5. The molecule has 0 aliphatic carbocycles. The van der Waals surface area contributed by atoms with E-state index in [0.29, 0.717) is 19.8 Å². The third-order valence-corrected chi connectivity index (χ3v) is 7.28. The Balaban J connectivity index is 1.52. The molecule has 2 saturated heterocycles. The molecule has 1 N–H and O–H groups in total. The van der Waals surface area contributed by atoms with Gasteiger partial charge in [-0.15, -0.1) is 0 Å². The van der Waals surface area contributed by atoms with Crippen molar-refractivity contribution in [2.75, 3.05) is 57.4 Å². The molecule has 0 aromatic heterocycles. The molecule has 4 rings (SSSR count). The highest BCUT2D eigenvalue weighted by Crippen LogP contribution is 2.29. The number of benzene rings is 2. The number of nitrogens with one attached hydrogen (secondary N) is 1. The van der Waals surface area contributed by atoms with Gasteiger partial charge in [-0.05, 0) is 17.2 Å². The third kappa shape index (κ3) is 5.82. The molecule has 166 valence electrons. The summed E-state index contributed by atoms with van der Waals surface area (Å²) in [6.07, 6.45) is 0. The summed E-state index contributed by atoms with van der Waals surface area (Å²) in [5, 5.41) is 4.01. The van der Waals surface area contributed by atoms with E-state index in [9.17, 15) is 4.79 Å². The first-order chi connectivity index (χ1) is 15.2. The Morgan fingerprint density at radius 1 is 0.968 bits per heavy atom. The Morgan fingerprint density at radius 3 is 2.35 bits per heavy atom. The van der Waals surface area contributed by atoms with Gasteiger partial charge in [0.25, 0.3) is 0 Å². The number of morpholine rings is 1. The summed E-state index contributed by atoms with van der Waals surface area (Å²) >= 11 is 8.50. The summed E-state index contributed by atoms with van der Waals surface area (Å²) in [6.45, 7) is 5.44. The second-order valence-corrected chi connectivity index (χ2v) is 9.52. The molecule has 2 aromatic carbocycles. The van der Waals surface area contributed by atoms with Gasteiger partial charge in [-0.3, -0.25) is 14.6 Å². The van der Waals surface area contributed by atoms with Crippen molar-refractivity contribution in [1.82, 2.24) is 15.1 Å². The highest BCUT2D eigenvalue weighted by Gasteiger charge is 2.31. The van der Waals surface area contributed by atoms with Gasteiger partial charge in [0.15, 0.2) is 0 Å². The largest absolute Gasteiger partial charge is 0.379 e. The fourth-order valence-electron chi connectivity index (χ4n) is 4.36. The highest BCUT2D eigenvalue weighted by molar-refractivity contribution is 7.99. The summed E-state index contributed by atoms with van der Waals surface area (Å²) in [5.74, 6) is 2.18. The van der Waals surface area contributed by atoms with Crippen LogP contribution in [0, 0.1) is 0 Å². The van der Waals surface area contributed by atoms with Crippen LogP contribution in [0.3, 0.4) is 0 Å². The number of thioether (sulfide) groups is 1. The van der Waals surface area contributed by atoms with Crippen LogP contribution in [0.1, 0.15) is 23.2 Å². The molecule has 2 atom stereocenters. The molecule has 0 spiro atoms. The van der Waals surface area contributed by atoms with Gasteiger partial charge in [-0.25, -0.2) is 0 Å². The number of halogens is 1. The lowest BCUT2D eigenvalue weighted by atomic mass is 10.0. The quantitative estimate of drug-likeness (QED) is 0.685. The average molecular weight is 460 g/mol. The van der Waals surface area contributed by atoms with Gasteiger partial charge in [0.05, 0.1) is 19.3 Å². The van der Waals surface area contributed by atoms with E-state index in [1.54, 1.807) is 0 Å². The predicted octanol–water partition coefficient (Wildman–Crippen LogP) is 3.62. The van der Waals surface area contributed by atoms with Crippen LogP contribution in [-0.2, 0) is 9.53 Å². The summed E-state index contributed by atoms with van der Waals surface area (Å²) in [5.41, 5.74) is 2.10. The molecule has 1 amide bonds. The molecule has 2 aliphatic heterocycles. The fraction of sp³-hybridized carbons (Fsp3) is 0.458. The number of nitrogens with zero attached hydrogens (tertiary/aromatic N) is 2. The van der Waals surface area contributed by atoms with Gasteiger partial charge in [0, 0.05) is 49.3 Å². The van der Waals surface area contributed by atoms with Gasteiger partial charge < -0.3 is 10.1 Å². The molecule has 2 fully saturated rings. The smallest absolute Gasteiger partial charge is 0.242 e. The molecule has 2 heterocycles. The van der Waals surface area contributed by atoms with Crippen molar-refractivity contribution in [2.45, 2.75) is 12.1 Å². The number of amides is 1. The van der Waals surface area contributed by atoms with Crippen LogP contribution in [0.25, 0.3) is 0 Å². The summed E-state index contributed by atoms with van der Waals surface area (Å²) in [4.78, 5) is 18.2. The van der Waals surface area contributed by atoms with Crippen molar-refractivity contribution in [2.24, 2.45) is 0 Å². The van der Waals surface area contributed by atoms with Gasteiger partial charge in [0.1, 0.15) is 6.04 Å². The maximum atomic E-state index is 13.5. The van der Waals surface area contributed by atoms with E-state index in [0.717, 1.165) is 53.8 Å². The molecule has 2 unspecified atom stereocenters. The van der Waals surface area contributed by atoms with E-state index >= 15 is 0 Å². The van der Waals surface area contributed by atoms with Crippen LogP contribution >= 0.6 is 23.4 Å². The van der Waals surface area contributed by atoms with Crippen LogP contribution in [0.15, 0.2) is 54.6 Å². The van der Waals surface area contributed by atoms with Gasteiger partial charge in [-0.1, -0.05) is 60.1 Å². The number of carbonyl (C=O) groups is 1. The maximum Gasteiger partial charge on any atom is 0.242 e. The van der Waals surface area contributed by atoms with Crippen LogP contribution in [0.4, 0.5) is 0 Å².